The topological polar surface area (TPSA) is 63.6 Å². The van der Waals surface area contributed by atoms with Crippen molar-refractivity contribution in [3.05, 3.63) is 65.8 Å². The molecule has 0 bridgehead atoms. The first-order chi connectivity index (χ1) is 20.6. The summed E-state index contributed by atoms with van der Waals surface area (Å²) < 4.78 is 4.93. The van der Waals surface area contributed by atoms with Gasteiger partial charge < -0.3 is 9.84 Å². The monoisotopic (exact) mass is 598 g/mol. The lowest BCUT2D eigenvalue weighted by Gasteiger charge is -2.72. The number of hydrogen-bond donors (Lipinski definition) is 1. The summed E-state index contributed by atoms with van der Waals surface area (Å²) in [4.78, 5) is 23.8. The minimum atomic E-state index is -0.820. The third-order valence-electron chi connectivity index (χ3n) is 14.9. The summed E-state index contributed by atoms with van der Waals surface area (Å²) in [5.41, 5.74) is 5.24. The molecular weight excluding hydrogens is 544 g/mol. The van der Waals surface area contributed by atoms with Crippen LogP contribution in [0.4, 0.5) is 0 Å². The molecule has 6 rings (SSSR count). The van der Waals surface area contributed by atoms with Crippen molar-refractivity contribution < 1.29 is 19.4 Å². The highest BCUT2D eigenvalue weighted by Crippen LogP contribution is 2.77. The van der Waals surface area contributed by atoms with Gasteiger partial charge in [-0.2, -0.15) is 0 Å². The third kappa shape index (κ3) is 4.28. The fourth-order valence-electron chi connectivity index (χ4n) is 12.7. The number of rotatable bonds is 5. The second kappa shape index (κ2) is 10.5. The molecule has 1 N–H and O–H groups in total. The Morgan fingerprint density at radius 2 is 1.61 bits per heavy atom. The number of allylic oxidation sites excluding steroid dienone is 4. The molecule has 0 aromatic heterocycles. The molecule has 1 aromatic carbocycles. The van der Waals surface area contributed by atoms with Gasteiger partial charge in [0.05, 0.1) is 12.7 Å². The van der Waals surface area contributed by atoms with E-state index in [1.54, 1.807) is 0 Å². The van der Waals surface area contributed by atoms with Gasteiger partial charge in [-0.05, 0) is 145 Å². The van der Waals surface area contributed by atoms with Crippen LogP contribution >= 0.6 is 0 Å². The average molecular weight is 599 g/mol. The molecule has 5 aliphatic rings. The Bertz CT molecular complexity index is 1410. The van der Waals surface area contributed by atoms with Crippen molar-refractivity contribution in [3.8, 4) is 0 Å². The van der Waals surface area contributed by atoms with Crippen molar-refractivity contribution in [2.75, 3.05) is 7.11 Å². The molecule has 4 saturated carbocycles. The number of ether oxygens (including phenoxy) is 1. The van der Waals surface area contributed by atoms with Crippen LogP contribution in [0.2, 0.25) is 0 Å². The number of carbonyl (C=O) groups excluding carboxylic acids is 1. The number of benzene rings is 1. The number of carbonyl (C=O) groups is 2. The Kier molecular flexibility index (Phi) is 7.46. The fourth-order valence-corrected chi connectivity index (χ4v) is 12.7. The standard InChI is InChI=1S/C40H54O4/c1-25(2)28-15-21-40(22-18-33(41)42)24-23-38(6)30(34(28)40)13-14-32-37(5)19-16-29(26-9-11-27(12-10-26)35(43)44-8)36(3,4)31(37)17-20-39(32,38)7/h9-12,16,18,22,28,30-32,34H,1,13-15,17,19-21,23-24H2,2-8H3,(H,41,42)/b22-18+/t28-,30+,31-,32+,34+,37-,38+,39+,40-/m0/s1. The predicted molar refractivity (Wildman–Crippen MR) is 177 cm³/mol. The average Bonchev–Trinajstić information content (AvgIpc) is 3.36. The van der Waals surface area contributed by atoms with E-state index in [9.17, 15) is 14.7 Å². The van der Waals surface area contributed by atoms with Gasteiger partial charge in [-0.25, -0.2) is 9.59 Å². The quantitative estimate of drug-likeness (QED) is 0.208. The van der Waals surface area contributed by atoms with Crippen LogP contribution in [-0.2, 0) is 9.53 Å². The number of hydrogen-bond acceptors (Lipinski definition) is 3. The van der Waals surface area contributed by atoms with Gasteiger partial charge in [0.1, 0.15) is 0 Å². The number of aliphatic carboxylic acids is 1. The first-order valence-corrected chi connectivity index (χ1v) is 17.1. The largest absolute Gasteiger partial charge is 0.478 e. The van der Waals surface area contributed by atoms with E-state index in [0.717, 1.165) is 25.7 Å². The maximum absolute atomic E-state index is 12.1. The van der Waals surface area contributed by atoms with E-state index in [1.165, 1.54) is 62.0 Å². The highest BCUT2D eigenvalue weighted by Gasteiger charge is 2.70. The highest BCUT2D eigenvalue weighted by molar-refractivity contribution is 5.90. The molecule has 238 valence electrons. The highest BCUT2D eigenvalue weighted by atomic mass is 16.5. The number of esters is 1. The minimum Gasteiger partial charge on any atom is -0.478 e. The smallest absolute Gasteiger partial charge is 0.337 e. The maximum Gasteiger partial charge on any atom is 0.337 e. The van der Waals surface area contributed by atoms with E-state index < -0.39 is 5.97 Å². The Balaban J connectivity index is 1.35. The Labute approximate surface area is 265 Å². The van der Waals surface area contributed by atoms with Crippen molar-refractivity contribution in [2.45, 2.75) is 99.3 Å². The molecule has 9 atom stereocenters. The zero-order chi connectivity index (χ0) is 31.9. The molecule has 0 unspecified atom stereocenters. The van der Waals surface area contributed by atoms with Crippen LogP contribution in [0.15, 0.2) is 54.6 Å². The third-order valence-corrected chi connectivity index (χ3v) is 14.9. The van der Waals surface area contributed by atoms with Crippen molar-refractivity contribution >= 4 is 17.5 Å². The van der Waals surface area contributed by atoms with Gasteiger partial charge in [0, 0.05) is 6.08 Å². The number of methoxy groups -OCH3 is 1. The van der Waals surface area contributed by atoms with Gasteiger partial charge in [0.15, 0.2) is 0 Å². The van der Waals surface area contributed by atoms with Crippen LogP contribution in [0.5, 0.6) is 0 Å². The Morgan fingerprint density at radius 1 is 0.909 bits per heavy atom. The van der Waals surface area contributed by atoms with Gasteiger partial charge in [0.25, 0.3) is 0 Å². The lowest BCUT2D eigenvalue weighted by atomic mass is 9.32. The summed E-state index contributed by atoms with van der Waals surface area (Å²) in [6.45, 7) is 19.5. The van der Waals surface area contributed by atoms with E-state index in [-0.39, 0.29) is 33.0 Å². The van der Waals surface area contributed by atoms with Crippen molar-refractivity contribution in [1.82, 2.24) is 0 Å². The van der Waals surface area contributed by atoms with Crippen LogP contribution in [0, 0.1) is 56.7 Å². The van der Waals surface area contributed by atoms with Crippen LogP contribution < -0.4 is 0 Å². The van der Waals surface area contributed by atoms with Gasteiger partial charge >= 0.3 is 11.9 Å². The second-order valence-corrected chi connectivity index (χ2v) is 16.7. The molecule has 0 saturated heterocycles. The SMILES string of the molecule is C=C(C)[C@@H]1CC[C@]2(/C=C/C(=O)O)CC[C@]3(C)[C@H](CC[C@@H]4[C@@]5(C)CC=C(c6ccc(C(=O)OC)cc6)C(C)(C)[C@@H]5CC[C@]43C)[C@@H]12. The van der Waals surface area contributed by atoms with Crippen LogP contribution in [0.25, 0.3) is 5.57 Å². The summed E-state index contributed by atoms with van der Waals surface area (Å²) >= 11 is 0. The van der Waals surface area contributed by atoms with Gasteiger partial charge in [-0.3, -0.25) is 0 Å². The molecule has 4 fully saturated rings. The molecule has 0 radical (unpaired) electrons. The molecule has 5 aliphatic carbocycles. The Hall–Kier alpha value is -2.62. The zero-order valence-electron chi connectivity index (χ0n) is 28.2. The van der Waals surface area contributed by atoms with E-state index in [1.807, 2.05) is 12.1 Å². The van der Waals surface area contributed by atoms with E-state index in [2.05, 4.69) is 72.4 Å². The van der Waals surface area contributed by atoms with E-state index in [4.69, 9.17) is 4.74 Å². The molecule has 0 heterocycles. The van der Waals surface area contributed by atoms with Crippen LogP contribution in [-0.4, -0.2) is 24.2 Å². The van der Waals surface area contributed by atoms with Crippen molar-refractivity contribution in [3.63, 3.8) is 0 Å². The van der Waals surface area contributed by atoms with Crippen LogP contribution in [0.3, 0.4) is 0 Å². The summed E-state index contributed by atoms with van der Waals surface area (Å²) in [6, 6.07) is 8.02. The predicted octanol–water partition coefficient (Wildman–Crippen LogP) is 9.76. The minimum absolute atomic E-state index is 0.00956. The summed E-state index contributed by atoms with van der Waals surface area (Å²) in [7, 11) is 1.43. The van der Waals surface area contributed by atoms with Crippen molar-refractivity contribution in [2.24, 2.45) is 56.7 Å². The first kappa shape index (κ1) is 31.4. The van der Waals surface area contributed by atoms with Gasteiger partial charge in [0.2, 0.25) is 0 Å². The Morgan fingerprint density at radius 3 is 2.25 bits per heavy atom. The lowest BCUT2D eigenvalue weighted by molar-refractivity contribution is -0.221. The summed E-state index contributed by atoms with van der Waals surface area (Å²) in [6.07, 6.45) is 16.7. The molecule has 0 aliphatic heterocycles. The zero-order valence-corrected chi connectivity index (χ0v) is 28.2. The van der Waals surface area contributed by atoms with Gasteiger partial charge in [-0.1, -0.05) is 71.1 Å². The molecule has 1 aromatic rings. The first-order valence-electron chi connectivity index (χ1n) is 17.1. The normalized spacial score (nSPS) is 42.3. The van der Waals surface area contributed by atoms with E-state index in [0.29, 0.717) is 35.2 Å². The molecule has 4 heteroatoms. The second-order valence-electron chi connectivity index (χ2n) is 16.7. The number of fused-ring (bicyclic) bond motifs is 7. The number of carboxylic acids is 1. The van der Waals surface area contributed by atoms with Gasteiger partial charge in [-0.15, -0.1) is 0 Å². The maximum atomic E-state index is 12.1. The van der Waals surface area contributed by atoms with E-state index >= 15 is 0 Å². The summed E-state index contributed by atoms with van der Waals surface area (Å²) in [5.74, 6) is 1.69. The summed E-state index contributed by atoms with van der Waals surface area (Å²) in [5, 5.41) is 9.60. The molecular formula is C40H54O4. The lowest BCUT2D eigenvalue weighted by Crippen LogP contribution is -2.65. The molecule has 4 nitrogen and oxygen atoms in total. The molecule has 0 spiro atoms. The molecule has 44 heavy (non-hydrogen) atoms. The van der Waals surface area contributed by atoms with Crippen LogP contribution in [0.1, 0.15) is 115 Å². The fraction of sp³-hybridized carbons (Fsp3) is 0.650. The molecule has 0 amide bonds. The number of carboxylic acid groups (broad SMARTS) is 1. The van der Waals surface area contributed by atoms with Crippen molar-refractivity contribution in [1.29, 1.82) is 0 Å².